The van der Waals surface area contributed by atoms with Gasteiger partial charge >= 0.3 is 0 Å². The van der Waals surface area contributed by atoms with E-state index in [1.54, 1.807) is 14.1 Å². The molecule has 1 N–H and O–H groups in total. The zero-order chi connectivity index (χ0) is 15.1. The lowest BCUT2D eigenvalue weighted by molar-refractivity contribution is 0.414. The van der Waals surface area contributed by atoms with Crippen LogP contribution < -0.4 is 16.3 Å². The van der Waals surface area contributed by atoms with Gasteiger partial charge in [0.1, 0.15) is 5.56 Å². The maximum atomic E-state index is 12.2. The molecule has 1 aromatic carbocycles. The number of fused-ring (bicyclic) bond motifs is 1. The van der Waals surface area contributed by atoms with Gasteiger partial charge in [-0.05, 0) is 24.4 Å². The summed E-state index contributed by atoms with van der Waals surface area (Å²) in [5.41, 5.74) is -0.270. The first kappa shape index (κ1) is 13.4. The van der Waals surface area contributed by atoms with Crippen LogP contribution in [0.1, 0.15) is 5.56 Å². The molecule has 0 unspecified atom stereocenters. The Bertz CT molecular complexity index is 978. The smallest absolute Gasteiger partial charge is 0.265 e. The molecule has 0 saturated carbocycles. The molecule has 0 fully saturated rings. The Kier molecular flexibility index (Phi) is 3.06. The average Bonchev–Trinajstić information content (AvgIpc) is 2.90. The lowest BCUT2D eigenvalue weighted by Crippen LogP contribution is -2.23. The molecule has 3 rings (SSSR count). The molecule has 106 valence electrons. The molecule has 1 aromatic heterocycles. The lowest BCUT2D eigenvalue weighted by atomic mass is 10.3. The van der Waals surface area contributed by atoms with Crippen LogP contribution in [0.25, 0.3) is 6.08 Å². The van der Waals surface area contributed by atoms with Gasteiger partial charge in [-0.15, -0.1) is 0 Å². The van der Waals surface area contributed by atoms with E-state index in [9.17, 15) is 9.90 Å². The van der Waals surface area contributed by atoms with Crippen molar-refractivity contribution in [3.8, 4) is 5.88 Å². The summed E-state index contributed by atoms with van der Waals surface area (Å²) in [6.45, 7) is 0. The number of aromatic nitrogens is 2. The van der Waals surface area contributed by atoms with Crippen LogP contribution in [0.4, 0.5) is 0 Å². The summed E-state index contributed by atoms with van der Waals surface area (Å²) in [6.07, 6.45) is 1.46. The van der Waals surface area contributed by atoms with Crippen molar-refractivity contribution in [2.45, 2.75) is 0 Å². The Hall–Kier alpha value is -2.54. The highest BCUT2D eigenvalue weighted by molar-refractivity contribution is 7.71. The molecular weight excluding hydrogens is 288 g/mol. The van der Waals surface area contributed by atoms with Crippen molar-refractivity contribution in [3.63, 3.8) is 0 Å². The Morgan fingerprint density at radius 1 is 1.14 bits per heavy atom. The average molecular weight is 300 g/mol. The fourth-order valence-corrected chi connectivity index (χ4v) is 2.27. The number of aromatic hydroxyl groups is 1. The second kappa shape index (κ2) is 4.78. The molecule has 2 aromatic rings. The zero-order valence-corrected chi connectivity index (χ0v) is 12.3. The Morgan fingerprint density at radius 3 is 2.29 bits per heavy atom. The molecule has 0 bridgehead atoms. The van der Waals surface area contributed by atoms with Crippen molar-refractivity contribution in [3.05, 3.63) is 61.5 Å². The number of hydrogen-bond donors (Lipinski definition) is 1. The molecule has 7 heteroatoms. The van der Waals surface area contributed by atoms with Gasteiger partial charge in [-0.1, -0.05) is 12.1 Å². The third kappa shape index (κ3) is 2.11. The molecule has 21 heavy (non-hydrogen) atoms. The maximum Gasteiger partial charge on any atom is 0.265 e. The Labute approximate surface area is 124 Å². The van der Waals surface area contributed by atoms with Crippen molar-refractivity contribution in [2.24, 2.45) is 24.1 Å². The SMILES string of the molecule is Cn1c(O)c(C=C2N=c3ccccc3=N2)c(=O)n(C)c1=S. The van der Waals surface area contributed by atoms with E-state index in [1.807, 2.05) is 24.3 Å². The second-order valence-electron chi connectivity index (χ2n) is 4.66. The fourth-order valence-electron chi connectivity index (χ4n) is 2.10. The van der Waals surface area contributed by atoms with Crippen LogP contribution in [-0.4, -0.2) is 14.2 Å². The number of nitrogens with zero attached hydrogens (tertiary/aromatic N) is 4. The monoisotopic (exact) mass is 300 g/mol. The third-order valence-electron chi connectivity index (χ3n) is 3.29. The van der Waals surface area contributed by atoms with E-state index in [0.717, 1.165) is 10.7 Å². The summed E-state index contributed by atoms with van der Waals surface area (Å²) < 4.78 is 2.90. The van der Waals surface area contributed by atoms with Gasteiger partial charge in [-0.3, -0.25) is 13.9 Å². The molecule has 0 amide bonds. The first-order chi connectivity index (χ1) is 9.99. The molecule has 1 aliphatic rings. The number of para-hydroxylation sites is 2. The van der Waals surface area contributed by atoms with Gasteiger partial charge in [0, 0.05) is 20.2 Å². The predicted molar refractivity (Wildman–Crippen MR) is 79.9 cm³/mol. The molecule has 2 heterocycles. The van der Waals surface area contributed by atoms with Crippen LogP contribution in [0, 0.1) is 4.77 Å². The Balaban J connectivity index is 2.26. The predicted octanol–water partition coefficient (Wildman–Crippen LogP) is 0.410. The number of rotatable bonds is 1. The van der Waals surface area contributed by atoms with E-state index in [1.165, 1.54) is 15.2 Å². The third-order valence-corrected chi connectivity index (χ3v) is 3.84. The van der Waals surface area contributed by atoms with Crippen molar-refractivity contribution in [1.29, 1.82) is 0 Å². The van der Waals surface area contributed by atoms with Gasteiger partial charge in [-0.2, -0.15) is 0 Å². The first-order valence-corrected chi connectivity index (χ1v) is 6.63. The highest BCUT2D eigenvalue weighted by Gasteiger charge is 2.13. The van der Waals surface area contributed by atoms with Gasteiger partial charge in [0.15, 0.2) is 10.6 Å². The van der Waals surface area contributed by atoms with Crippen molar-refractivity contribution >= 4 is 18.3 Å². The van der Waals surface area contributed by atoms with E-state index in [0.29, 0.717) is 5.82 Å². The Morgan fingerprint density at radius 2 is 1.71 bits per heavy atom. The van der Waals surface area contributed by atoms with Crippen LogP contribution in [0.5, 0.6) is 5.88 Å². The summed E-state index contributed by atoms with van der Waals surface area (Å²) in [7, 11) is 3.15. The van der Waals surface area contributed by atoms with Crippen LogP contribution >= 0.6 is 12.2 Å². The summed E-state index contributed by atoms with van der Waals surface area (Å²) in [5.74, 6) is 0.178. The number of benzene rings is 1. The molecule has 1 aliphatic heterocycles. The van der Waals surface area contributed by atoms with E-state index < -0.39 is 0 Å². The standard InChI is InChI=1S/C14H12N4O2S/c1-17-12(19)8(13(20)18(2)14(17)21)7-11-15-9-5-3-4-6-10(9)16-11/h3-7,19H,1-2H3. The minimum atomic E-state index is -0.385. The van der Waals surface area contributed by atoms with Crippen molar-refractivity contribution in [2.75, 3.05) is 0 Å². The maximum absolute atomic E-state index is 12.2. The molecule has 0 atom stereocenters. The van der Waals surface area contributed by atoms with E-state index in [2.05, 4.69) is 9.98 Å². The summed E-state index contributed by atoms with van der Waals surface area (Å²) in [4.78, 5) is 20.8. The highest BCUT2D eigenvalue weighted by Crippen LogP contribution is 2.16. The van der Waals surface area contributed by atoms with Gasteiger partial charge in [-0.25, -0.2) is 9.98 Å². The topological polar surface area (TPSA) is 71.9 Å². The quantitative estimate of drug-likeness (QED) is 0.775. The van der Waals surface area contributed by atoms with Crippen molar-refractivity contribution < 1.29 is 5.11 Å². The molecule has 6 nitrogen and oxygen atoms in total. The minimum Gasteiger partial charge on any atom is -0.494 e. The molecule has 0 aliphatic carbocycles. The molecule has 0 saturated heterocycles. The fraction of sp³-hybridized carbons (Fsp3) is 0.143. The lowest BCUT2D eigenvalue weighted by Gasteiger charge is -2.09. The molecule has 0 spiro atoms. The largest absolute Gasteiger partial charge is 0.494 e. The van der Waals surface area contributed by atoms with Gasteiger partial charge in [0.2, 0.25) is 5.88 Å². The summed E-state index contributed by atoms with van der Waals surface area (Å²) >= 11 is 5.07. The van der Waals surface area contributed by atoms with E-state index >= 15 is 0 Å². The number of hydrogen-bond acceptors (Lipinski definition) is 5. The summed E-state index contributed by atoms with van der Waals surface area (Å²) in [5, 5.41) is 11.6. The van der Waals surface area contributed by atoms with E-state index in [4.69, 9.17) is 12.2 Å². The van der Waals surface area contributed by atoms with Gasteiger partial charge < -0.3 is 5.11 Å². The van der Waals surface area contributed by atoms with E-state index in [-0.39, 0.29) is 21.8 Å². The highest BCUT2D eigenvalue weighted by atomic mass is 32.1. The van der Waals surface area contributed by atoms with Gasteiger partial charge in [0.25, 0.3) is 5.56 Å². The van der Waals surface area contributed by atoms with Crippen LogP contribution in [-0.2, 0) is 14.1 Å². The van der Waals surface area contributed by atoms with Crippen LogP contribution in [0.2, 0.25) is 0 Å². The second-order valence-corrected chi connectivity index (χ2v) is 5.02. The van der Waals surface area contributed by atoms with Crippen LogP contribution in [0.15, 0.2) is 44.9 Å². The van der Waals surface area contributed by atoms with Gasteiger partial charge in [0.05, 0.1) is 10.7 Å². The minimum absolute atomic E-state index is 0.115. The zero-order valence-electron chi connectivity index (χ0n) is 11.4. The first-order valence-electron chi connectivity index (χ1n) is 6.22. The molecule has 0 radical (unpaired) electrons. The summed E-state index contributed by atoms with van der Waals surface area (Å²) in [6, 6.07) is 7.40. The normalized spacial score (nSPS) is 12.6. The molecular formula is C14H12N4O2S. The van der Waals surface area contributed by atoms with Crippen LogP contribution in [0.3, 0.4) is 0 Å². The van der Waals surface area contributed by atoms with Crippen molar-refractivity contribution in [1.82, 2.24) is 9.13 Å².